The van der Waals surface area contributed by atoms with Crippen molar-refractivity contribution in [3.8, 4) is 5.75 Å². The van der Waals surface area contributed by atoms with E-state index in [0.29, 0.717) is 32.3 Å². The zero-order valence-electron chi connectivity index (χ0n) is 19.2. The van der Waals surface area contributed by atoms with Gasteiger partial charge in [-0.1, -0.05) is 18.2 Å². The van der Waals surface area contributed by atoms with Crippen LogP contribution in [0.4, 0.5) is 0 Å². The van der Waals surface area contributed by atoms with Crippen LogP contribution < -0.4 is 10.1 Å². The van der Waals surface area contributed by atoms with E-state index in [2.05, 4.69) is 23.5 Å². The van der Waals surface area contributed by atoms with E-state index in [0.717, 1.165) is 57.1 Å². The summed E-state index contributed by atoms with van der Waals surface area (Å²) in [5, 5.41) is 3.22. The van der Waals surface area contributed by atoms with Crippen molar-refractivity contribution in [2.45, 2.75) is 75.0 Å². The van der Waals surface area contributed by atoms with Gasteiger partial charge in [-0.2, -0.15) is 0 Å². The maximum Gasteiger partial charge on any atom is 0.246 e. The largest absolute Gasteiger partial charge is 0.492 e. The van der Waals surface area contributed by atoms with E-state index in [9.17, 15) is 9.59 Å². The van der Waals surface area contributed by atoms with E-state index in [4.69, 9.17) is 14.2 Å². The SMILES string of the molecule is O=C1COC[C@]2(CCCN3C(=O)C4(CC4)COc4ccccc4C4CCC(CC4)OC[C@@H]32)N1. The van der Waals surface area contributed by atoms with E-state index < -0.39 is 11.0 Å². The summed E-state index contributed by atoms with van der Waals surface area (Å²) in [5.74, 6) is 1.45. The van der Waals surface area contributed by atoms with Gasteiger partial charge in [0.1, 0.15) is 19.0 Å². The van der Waals surface area contributed by atoms with Crippen LogP contribution in [0.1, 0.15) is 62.8 Å². The van der Waals surface area contributed by atoms with Gasteiger partial charge in [-0.25, -0.2) is 0 Å². The van der Waals surface area contributed by atoms with Crippen molar-refractivity contribution >= 4 is 11.8 Å². The summed E-state index contributed by atoms with van der Waals surface area (Å²) in [4.78, 5) is 28.3. The predicted octanol–water partition coefficient (Wildman–Crippen LogP) is 2.78. The van der Waals surface area contributed by atoms with Gasteiger partial charge in [0.15, 0.2) is 0 Å². The summed E-state index contributed by atoms with van der Waals surface area (Å²) in [6.45, 7) is 2.07. The van der Waals surface area contributed by atoms with Crippen LogP contribution in [-0.4, -0.2) is 67.4 Å². The molecule has 6 aliphatic rings. The molecule has 1 aromatic carbocycles. The lowest BCUT2D eigenvalue weighted by molar-refractivity contribution is -0.159. The van der Waals surface area contributed by atoms with Gasteiger partial charge in [-0.05, 0) is 68.9 Å². The molecular weight excluding hydrogens is 420 g/mol. The second-order valence-electron chi connectivity index (χ2n) is 10.7. The Morgan fingerprint density at radius 2 is 1.82 bits per heavy atom. The summed E-state index contributed by atoms with van der Waals surface area (Å²) in [6, 6.07) is 8.13. The second kappa shape index (κ2) is 8.27. The van der Waals surface area contributed by atoms with Gasteiger partial charge >= 0.3 is 0 Å². The number of benzene rings is 1. The first kappa shape index (κ1) is 21.4. The standard InChI is InChI=1S/C26H34N2O5/c29-23-15-31-17-26(27-23)10-3-13-28-22(26)14-32-19-8-6-18(7-9-19)20-4-1-2-5-21(20)33-16-25(11-12-25)24(28)30/h1-2,4-5,18-19,22H,3,6-17H2,(H,27,29)/t18?,19?,22-,26+/m1/s1. The zero-order valence-corrected chi connectivity index (χ0v) is 19.2. The van der Waals surface area contributed by atoms with Gasteiger partial charge in [0.05, 0.1) is 36.3 Å². The molecule has 7 nitrogen and oxygen atoms in total. The molecule has 1 N–H and O–H groups in total. The predicted molar refractivity (Wildman–Crippen MR) is 121 cm³/mol. The number of morpholine rings is 1. The fourth-order valence-corrected chi connectivity index (χ4v) is 6.48. The Balaban J connectivity index is 1.34. The number of hydrogen-bond donors (Lipinski definition) is 1. The number of fused-ring (bicyclic) bond motifs is 4. The Morgan fingerprint density at radius 3 is 2.61 bits per heavy atom. The number of nitrogens with zero attached hydrogens (tertiary/aromatic N) is 1. The smallest absolute Gasteiger partial charge is 0.246 e. The molecule has 0 radical (unpaired) electrons. The van der Waals surface area contributed by atoms with E-state index in [1.807, 2.05) is 11.0 Å². The van der Waals surface area contributed by atoms with Crippen LogP contribution >= 0.6 is 0 Å². The topological polar surface area (TPSA) is 77.1 Å². The minimum Gasteiger partial charge on any atom is -0.492 e. The molecule has 178 valence electrons. The number of piperidine rings is 1. The minimum atomic E-state index is -0.568. The van der Waals surface area contributed by atoms with Crippen molar-refractivity contribution in [2.75, 3.05) is 33.0 Å². The van der Waals surface area contributed by atoms with Gasteiger partial charge in [0, 0.05) is 6.54 Å². The van der Waals surface area contributed by atoms with Crippen molar-refractivity contribution in [3.05, 3.63) is 29.8 Å². The normalized spacial score (nSPS) is 35.9. The van der Waals surface area contributed by atoms with Gasteiger partial charge in [-0.15, -0.1) is 0 Å². The second-order valence-corrected chi connectivity index (χ2v) is 10.7. The first-order valence-corrected chi connectivity index (χ1v) is 12.6. The Bertz CT molecular complexity index is 919. The average Bonchev–Trinajstić information content (AvgIpc) is 3.63. The molecule has 4 aliphatic heterocycles. The Morgan fingerprint density at radius 1 is 1.00 bits per heavy atom. The molecule has 2 saturated heterocycles. The highest BCUT2D eigenvalue weighted by Crippen LogP contribution is 2.50. The Labute approximate surface area is 195 Å². The molecule has 4 fully saturated rings. The van der Waals surface area contributed by atoms with Crippen LogP contribution in [0.5, 0.6) is 5.75 Å². The molecule has 7 rings (SSSR count). The lowest BCUT2D eigenvalue weighted by Crippen LogP contribution is -2.72. The molecule has 0 aromatic heterocycles. The molecule has 7 heteroatoms. The van der Waals surface area contributed by atoms with Crippen molar-refractivity contribution in [3.63, 3.8) is 0 Å². The minimum absolute atomic E-state index is 0.0878. The lowest BCUT2D eigenvalue weighted by atomic mass is 9.79. The fraction of sp³-hybridized carbons (Fsp3) is 0.692. The molecule has 2 atom stereocenters. The number of para-hydroxylation sites is 1. The van der Waals surface area contributed by atoms with Crippen molar-refractivity contribution in [2.24, 2.45) is 5.41 Å². The third kappa shape index (κ3) is 3.83. The van der Waals surface area contributed by atoms with Crippen molar-refractivity contribution in [1.82, 2.24) is 10.2 Å². The molecule has 0 unspecified atom stereocenters. The molecule has 1 aromatic rings. The number of nitrogens with one attached hydrogen (secondary N) is 1. The average molecular weight is 455 g/mol. The summed E-state index contributed by atoms with van der Waals surface area (Å²) in [6.07, 6.45) is 7.68. The Kier molecular flexibility index (Phi) is 5.37. The lowest BCUT2D eigenvalue weighted by Gasteiger charge is -2.52. The number of carbonyl (C=O) groups excluding carboxylic acids is 2. The number of ether oxygens (including phenoxy) is 3. The maximum absolute atomic E-state index is 13.9. The molecule has 33 heavy (non-hydrogen) atoms. The van der Waals surface area contributed by atoms with Crippen LogP contribution in [0.15, 0.2) is 24.3 Å². The van der Waals surface area contributed by atoms with E-state index in [1.54, 1.807) is 0 Å². The van der Waals surface area contributed by atoms with Gasteiger partial charge in [0.2, 0.25) is 11.8 Å². The molecule has 2 amide bonds. The van der Waals surface area contributed by atoms with Gasteiger partial charge < -0.3 is 24.4 Å². The van der Waals surface area contributed by atoms with E-state index in [1.165, 1.54) is 5.56 Å². The number of rotatable bonds is 0. The van der Waals surface area contributed by atoms with E-state index >= 15 is 0 Å². The summed E-state index contributed by atoms with van der Waals surface area (Å²) in [7, 11) is 0. The van der Waals surface area contributed by atoms with Crippen molar-refractivity contribution in [1.29, 1.82) is 0 Å². The van der Waals surface area contributed by atoms with Crippen LogP contribution in [0.2, 0.25) is 0 Å². The molecule has 2 spiro atoms. The number of carbonyl (C=O) groups is 2. The molecule has 2 aliphatic carbocycles. The third-order valence-electron chi connectivity index (χ3n) is 8.61. The molecular formula is C26H34N2O5. The summed E-state index contributed by atoms with van der Waals surface area (Å²) < 4.78 is 18.6. The van der Waals surface area contributed by atoms with Crippen LogP contribution in [0.3, 0.4) is 0 Å². The Hall–Kier alpha value is -2.12. The molecule has 4 heterocycles. The van der Waals surface area contributed by atoms with E-state index in [-0.39, 0.29) is 30.6 Å². The quantitative estimate of drug-likeness (QED) is 0.652. The molecule has 2 saturated carbocycles. The highest BCUT2D eigenvalue weighted by Gasteiger charge is 2.57. The fourth-order valence-electron chi connectivity index (χ4n) is 6.48. The third-order valence-corrected chi connectivity index (χ3v) is 8.61. The van der Waals surface area contributed by atoms with Crippen LogP contribution in [-0.2, 0) is 19.1 Å². The maximum atomic E-state index is 13.9. The number of hydrogen-bond acceptors (Lipinski definition) is 5. The van der Waals surface area contributed by atoms with Gasteiger partial charge in [0.25, 0.3) is 0 Å². The summed E-state index contributed by atoms with van der Waals surface area (Å²) in [5.41, 5.74) is 0.237. The zero-order chi connectivity index (χ0) is 22.5. The van der Waals surface area contributed by atoms with Crippen LogP contribution in [0, 0.1) is 5.41 Å². The summed E-state index contributed by atoms with van der Waals surface area (Å²) >= 11 is 0. The molecule has 2 bridgehead atoms. The highest BCUT2D eigenvalue weighted by atomic mass is 16.5. The highest BCUT2D eigenvalue weighted by molar-refractivity contribution is 5.86. The number of amides is 2. The first-order valence-electron chi connectivity index (χ1n) is 12.6. The van der Waals surface area contributed by atoms with Gasteiger partial charge in [-0.3, -0.25) is 9.59 Å². The van der Waals surface area contributed by atoms with Crippen LogP contribution in [0.25, 0.3) is 0 Å². The first-order chi connectivity index (χ1) is 16.1. The van der Waals surface area contributed by atoms with Crippen molar-refractivity contribution < 1.29 is 23.8 Å². The monoisotopic (exact) mass is 454 g/mol.